The summed E-state index contributed by atoms with van der Waals surface area (Å²) in [5.41, 5.74) is 2.13. The molecular weight excluding hydrogens is 415 g/mol. The van der Waals surface area contributed by atoms with Gasteiger partial charge in [0.2, 0.25) is 0 Å². The van der Waals surface area contributed by atoms with E-state index in [1.165, 1.54) is 21.6 Å². The number of nitrogens with zero attached hydrogens (tertiary/aromatic N) is 2. The summed E-state index contributed by atoms with van der Waals surface area (Å²) in [5.74, 6) is 0.0317. The molecule has 152 valence electrons. The molecule has 0 fully saturated rings. The van der Waals surface area contributed by atoms with Crippen LogP contribution in [0.25, 0.3) is 0 Å². The summed E-state index contributed by atoms with van der Waals surface area (Å²) >= 11 is 6.99. The molecule has 0 spiro atoms. The summed E-state index contributed by atoms with van der Waals surface area (Å²) in [5, 5.41) is 0.539. The van der Waals surface area contributed by atoms with E-state index in [1.54, 1.807) is 51.4 Å². The number of hydrogen-bond acceptors (Lipinski definition) is 4. The Bertz CT molecular complexity index is 1090. The van der Waals surface area contributed by atoms with Crippen LogP contribution in [0.15, 0.2) is 47.3 Å². The van der Waals surface area contributed by atoms with E-state index in [0.29, 0.717) is 27.9 Å². The topological polar surface area (TPSA) is 51.5 Å². The molecule has 0 unspecified atom stereocenters. The second-order valence-electron chi connectivity index (χ2n) is 6.61. The van der Waals surface area contributed by atoms with Crippen molar-refractivity contribution in [1.82, 2.24) is 9.47 Å². The maximum atomic E-state index is 13.1. The fraction of sp³-hybridized carbons (Fsp3) is 0.238. The molecule has 0 saturated heterocycles. The first-order valence-electron chi connectivity index (χ1n) is 8.82. The minimum Gasteiger partial charge on any atom is -0.496 e. The Balaban J connectivity index is 1.85. The van der Waals surface area contributed by atoms with Crippen LogP contribution in [-0.2, 0) is 13.1 Å². The highest BCUT2D eigenvalue weighted by atomic mass is 35.5. The third-order valence-electron chi connectivity index (χ3n) is 4.59. The predicted octanol–water partition coefficient (Wildman–Crippen LogP) is 4.34. The van der Waals surface area contributed by atoms with Gasteiger partial charge in [-0.1, -0.05) is 35.1 Å². The first kappa shape index (κ1) is 21.1. The van der Waals surface area contributed by atoms with Crippen molar-refractivity contribution in [3.63, 3.8) is 0 Å². The molecule has 2 aromatic carbocycles. The molecular formula is C21H20ClFN2O3S. The van der Waals surface area contributed by atoms with Gasteiger partial charge in [-0.05, 0) is 42.8 Å². The Morgan fingerprint density at radius 2 is 1.93 bits per heavy atom. The number of carbonyl (C=O) groups excluding carboxylic acids is 1. The Labute approximate surface area is 176 Å². The minimum atomic E-state index is -0.328. The molecule has 0 saturated carbocycles. The normalized spacial score (nSPS) is 10.8. The summed E-state index contributed by atoms with van der Waals surface area (Å²) in [6.07, 6.45) is 0. The van der Waals surface area contributed by atoms with Crippen LogP contribution >= 0.6 is 22.9 Å². The largest absolute Gasteiger partial charge is 0.496 e. The van der Waals surface area contributed by atoms with Crippen LogP contribution in [0.3, 0.4) is 0 Å². The fourth-order valence-electron chi connectivity index (χ4n) is 3.01. The van der Waals surface area contributed by atoms with E-state index >= 15 is 0 Å². The van der Waals surface area contributed by atoms with E-state index < -0.39 is 0 Å². The van der Waals surface area contributed by atoms with Crippen molar-refractivity contribution in [3.05, 3.63) is 84.7 Å². The minimum absolute atomic E-state index is 0.233. The van der Waals surface area contributed by atoms with Crippen molar-refractivity contribution < 1.29 is 13.9 Å². The molecule has 3 aromatic rings. The van der Waals surface area contributed by atoms with Crippen molar-refractivity contribution in [3.8, 4) is 5.75 Å². The lowest BCUT2D eigenvalue weighted by atomic mass is 10.2. The van der Waals surface area contributed by atoms with E-state index in [1.807, 2.05) is 0 Å². The van der Waals surface area contributed by atoms with Crippen molar-refractivity contribution in [2.75, 3.05) is 14.2 Å². The molecule has 0 aliphatic heterocycles. The van der Waals surface area contributed by atoms with Gasteiger partial charge in [-0.2, -0.15) is 0 Å². The Morgan fingerprint density at radius 3 is 2.59 bits per heavy atom. The highest BCUT2D eigenvalue weighted by molar-refractivity contribution is 7.11. The molecule has 0 N–H and O–H groups in total. The van der Waals surface area contributed by atoms with Crippen LogP contribution in [0.2, 0.25) is 5.02 Å². The molecule has 5 nitrogen and oxygen atoms in total. The summed E-state index contributed by atoms with van der Waals surface area (Å²) in [6.45, 7) is 2.31. The monoisotopic (exact) mass is 434 g/mol. The van der Waals surface area contributed by atoms with Gasteiger partial charge in [0.05, 0.1) is 13.7 Å². The first-order valence-corrected chi connectivity index (χ1v) is 10.0. The zero-order valence-corrected chi connectivity index (χ0v) is 17.8. The van der Waals surface area contributed by atoms with Crippen LogP contribution < -0.4 is 9.61 Å². The number of hydrogen-bond donors (Lipinski definition) is 0. The van der Waals surface area contributed by atoms with E-state index in [4.69, 9.17) is 16.3 Å². The number of rotatable bonds is 6. The van der Waals surface area contributed by atoms with Gasteiger partial charge in [-0.15, -0.1) is 0 Å². The molecule has 3 rings (SSSR count). The Kier molecular flexibility index (Phi) is 6.39. The standard InChI is InChI=1S/C21H20ClFN2O3S/c1-13-19(20(26)24(2)11-14-4-7-17(23)8-5-14)29-21(27)25(13)12-15-10-16(22)6-9-18(15)28-3/h4-10H,11-12H2,1-3H3. The molecule has 1 amide bonds. The van der Waals surface area contributed by atoms with E-state index in [-0.39, 0.29) is 23.1 Å². The fourth-order valence-corrected chi connectivity index (χ4v) is 4.19. The lowest BCUT2D eigenvalue weighted by molar-refractivity contribution is 0.0788. The summed E-state index contributed by atoms with van der Waals surface area (Å²) in [7, 11) is 3.20. The number of thiazole rings is 1. The quantitative estimate of drug-likeness (QED) is 0.580. The number of ether oxygens (including phenoxy) is 1. The van der Waals surface area contributed by atoms with E-state index in [0.717, 1.165) is 22.5 Å². The second kappa shape index (κ2) is 8.80. The van der Waals surface area contributed by atoms with Gasteiger partial charge in [0, 0.05) is 29.9 Å². The third kappa shape index (κ3) is 4.68. The van der Waals surface area contributed by atoms with Gasteiger partial charge in [-0.3, -0.25) is 14.2 Å². The van der Waals surface area contributed by atoms with Gasteiger partial charge >= 0.3 is 4.87 Å². The average Bonchev–Trinajstić information content (AvgIpc) is 2.97. The number of amides is 1. The molecule has 0 radical (unpaired) electrons. The Morgan fingerprint density at radius 1 is 1.24 bits per heavy atom. The molecule has 29 heavy (non-hydrogen) atoms. The molecule has 1 aromatic heterocycles. The predicted molar refractivity (Wildman–Crippen MR) is 113 cm³/mol. The average molecular weight is 435 g/mol. The number of benzene rings is 2. The highest BCUT2D eigenvalue weighted by Gasteiger charge is 2.21. The summed E-state index contributed by atoms with van der Waals surface area (Å²) < 4.78 is 20.0. The lowest BCUT2D eigenvalue weighted by Crippen LogP contribution is -2.26. The van der Waals surface area contributed by atoms with Crippen molar-refractivity contribution in [1.29, 1.82) is 0 Å². The zero-order chi connectivity index (χ0) is 21.1. The second-order valence-corrected chi connectivity index (χ2v) is 8.01. The molecule has 1 heterocycles. The number of methoxy groups -OCH3 is 1. The van der Waals surface area contributed by atoms with Crippen molar-refractivity contribution in [2.45, 2.75) is 20.0 Å². The van der Waals surface area contributed by atoms with Crippen LogP contribution in [0.5, 0.6) is 5.75 Å². The molecule has 0 atom stereocenters. The van der Waals surface area contributed by atoms with Crippen LogP contribution in [0.1, 0.15) is 26.5 Å². The SMILES string of the molecule is COc1ccc(Cl)cc1Cn1c(C)c(C(=O)N(C)Cc2ccc(F)cc2)sc1=O. The van der Waals surface area contributed by atoms with Gasteiger partial charge in [-0.25, -0.2) is 4.39 Å². The first-order chi connectivity index (χ1) is 13.8. The molecule has 0 aliphatic rings. The van der Waals surface area contributed by atoms with Gasteiger partial charge in [0.15, 0.2) is 0 Å². The maximum Gasteiger partial charge on any atom is 0.308 e. The molecule has 8 heteroatoms. The van der Waals surface area contributed by atoms with Crippen LogP contribution in [-0.4, -0.2) is 29.5 Å². The summed E-state index contributed by atoms with van der Waals surface area (Å²) in [6, 6.07) is 11.2. The molecule has 0 bridgehead atoms. The smallest absolute Gasteiger partial charge is 0.308 e. The lowest BCUT2D eigenvalue weighted by Gasteiger charge is -2.17. The summed E-state index contributed by atoms with van der Waals surface area (Å²) in [4.78, 5) is 27.1. The zero-order valence-electron chi connectivity index (χ0n) is 16.2. The molecule has 0 aliphatic carbocycles. The van der Waals surface area contributed by atoms with Crippen LogP contribution in [0, 0.1) is 12.7 Å². The van der Waals surface area contributed by atoms with Gasteiger partial charge in [0.25, 0.3) is 5.91 Å². The third-order valence-corrected chi connectivity index (χ3v) is 5.89. The number of halogens is 2. The van der Waals surface area contributed by atoms with Gasteiger partial charge < -0.3 is 9.64 Å². The number of carbonyl (C=O) groups is 1. The van der Waals surface area contributed by atoms with E-state index in [9.17, 15) is 14.0 Å². The Hall–Kier alpha value is -2.64. The number of aromatic nitrogens is 1. The van der Waals surface area contributed by atoms with Crippen molar-refractivity contribution in [2.24, 2.45) is 0 Å². The van der Waals surface area contributed by atoms with Gasteiger partial charge in [0.1, 0.15) is 16.4 Å². The van der Waals surface area contributed by atoms with Crippen LogP contribution in [0.4, 0.5) is 4.39 Å². The van der Waals surface area contributed by atoms with Crippen molar-refractivity contribution >= 4 is 28.8 Å². The maximum absolute atomic E-state index is 13.1. The van der Waals surface area contributed by atoms with E-state index in [2.05, 4.69) is 0 Å². The highest BCUT2D eigenvalue weighted by Crippen LogP contribution is 2.25.